The molecule has 1 amide bonds. The molecule has 0 saturated heterocycles. The number of nitrogens with one attached hydrogen (secondary N) is 1. The van der Waals surface area contributed by atoms with E-state index in [4.69, 9.17) is 4.98 Å². The van der Waals surface area contributed by atoms with Gasteiger partial charge in [0.2, 0.25) is 0 Å². The molecule has 2 atom stereocenters. The Morgan fingerprint density at radius 2 is 1.97 bits per heavy atom. The quantitative estimate of drug-likeness (QED) is 0.866. The third-order valence-corrected chi connectivity index (χ3v) is 6.69. The van der Waals surface area contributed by atoms with Crippen LogP contribution in [-0.2, 0) is 13.0 Å². The molecule has 2 unspecified atom stereocenters. The predicted molar refractivity (Wildman–Crippen MR) is 115 cm³/mol. The SMILES string of the molecule is CC1CCCCC1NC(=O)c1ccc2c(=O)n3c(nc2c1)CCN(C(C)C)CC3. The van der Waals surface area contributed by atoms with Crippen LogP contribution in [-0.4, -0.2) is 45.5 Å². The first-order valence-electron chi connectivity index (χ1n) is 11.0. The van der Waals surface area contributed by atoms with E-state index in [-0.39, 0.29) is 17.5 Å². The van der Waals surface area contributed by atoms with E-state index in [9.17, 15) is 9.59 Å². The zero-order valence-corrected chi connectivity index (χ0v) is 17.8. The maximum Gasteiger partial charge on any atom is 0.261 e. The van der Waals surface area contributed by atoms with Gasteiger partial charge in [-0.15, -0.1) is 0 Å². The van der Waals surface area contributed by atoms with Gasteiger partial charge in [-0.3, -0.25) is 19.1 Å². The molecule has 1 N–H and O–H groups in total. The van der Waals surface area contributed by atoms with Crippen molar-refractivity contribution in [2.24, 2.45) is 5.92 Å². The number of nitrogens with zero attached hydrogens (tertiary/aromatic N) is 3. The van der Waals surface area contributed by atoms with E-state index < -0.39 is 0 Å². The van der Waals surface area contributed by atoms with E-state index in [2.05, 4.69) is 31.0 Å². The first-order valence-corrected chi connectivity index (χ1v) is 11.0. The number of hydrogen-bond donors (Lipinski definition) is 1. The second-order valence-electron chi connectivity index (χ2n) is 8.94. The summed E-state index contributed by atoms with van der Waals surface area (Å²) in [6.45, 7) is 8.99. The smallest absolute Gasteiger partial charge is 0.261 e. The van der Waals surface area contributed by atoms with Crippen molar-refractivity contribution in [1.82, 2.24) is 19.8 Å². The lowest BCUT2D eigenvalue weighted by molar-refractivity contribution is 0.0910. The van der Waals surface area contributed by atoms with Crippen LogP contribution in [0.15, 0.2) is 23.0 Å². The summed E-state index contributed by atoms with van der Waals surface area (Å²) < 4.78 is 1.81. The third kappa shape index (κ3) is 4.08. The molecule has 1 aliphatic heterocycles. The molecule has 1 fully saturated rings. The molecule has 4 rings (SSSR count). The summed E-state index contributed by atoms with van der Waals surface area (Å²) in [5.41, 5.74) is 1.22. The molecule has 29 heavy (non-hydrogen) atoms. The lowest BCUT2D eigenvalue weighted by atomic mass is 9.86. The molecule has 2 heterocycles. The van der Waals surface area contributed by atoms with Crippen molar-refractivity contribution in [2.45, 2.75) is 71.5 Å². The molecule has 1 aromatic heterocycles. The summed E-state index contributed by atoms with van der Waals surface area (Å²) in [4.78, 5) is 33.0. The number of hydrogen-bond acceptors (Lipinski definition) is 4. The Labute approximate surface area is 172 Å². The number of amides is 1. The van der Waals surface area contributed by atoms with Gasteiger partial charge in [0.05, 0.1) is 10.9 Å². The number of carbonyl (C=O) groups is 1. The highest BCUT2D eigenvalue weighted by Crippen LogP contribution is 2.24. The van der Waals surface area contributed by atoms with Gasteiger partial charge in [-0.05, 0) is 50.8 Å². The van der Waals surface area contributed by atoms with Crippen molar-refractivity contribution in [3.8, 4) is 0 Å². The van der Waals surface area contributed by atoms with Crippen molar-refractivity contribution in [1.29, 1.82) is 0 Å². The van der Waals surface area contributed by atoms with E-state index >= 15 is 0 Å². The first kappa shape index (κ1) is 20.1. The van der Waals surface area contributed by atoms with Crippen LogP contribution in [0.5, 0.6) is 0 Å². The maximum absolute atomic E-state index is 13.0. The van der Waals surface area contributed by atoms with Crippen LogP contribution in [0.25, 0.3) is 10.9 Å². The number of benzene rings is 1. The third-order valence-electron chi connectivity index (χ3n) is 6.69. The average Bonchev–Trinajstić information content (AvgIpc) is 2.92. The minimum atomic E-state index is -0.0616. The van der Waals surface area contributed by atoms with Crippen LogP contribution >= 0.6 is 0 Å². The van der Waals surface area contributed by atoms with Gasteiger partial charge in [-0.1, -0.05) is 19.8 Å². The second kappa shape index (κ2) is 8.27. The van der Waals surface area contributed by atoms with Crippen molar-refractivity contribution in [3.05, 3.63) is 39.9 Å². The summed E-state index contributed by atoms with van der Waals surface area (Å²) in [5, 5.41) is 3.79. The Bertz CT molecular complexity index is 965. The number of aromatic nitrogens is 2. The van der Waals surface area contributed by atoms with Gasteiger partial charge >= 0.3 is 0 Å². The van der Waals surface area contributed by atoms with Crippen LogP contribution in [0.1, 0.15) is 62.6 Å². The first-order chi connectivity index (χ1) is 13.9. The molecule has 0 bridgehead atoms. The fraction of sp³-hybridized carbons (Fsp3) is 0.609. The van der Waals surface area contributed by atoms with Crippen LogP contribution in [0.3, 0.4) is 0 Å². The van der Waals surface area contributed by atoms with E-state index in [1.807, 2.05) is 4.57 Å². The Morgan fingerprint density at radius 3 is 2.72 bits per heavy atom. The Hall–Kier alpha value is -2.21. The van der Waals surface area contributed by atoms with Crippen molar-refractivity contribution in [3.63, 3.8) is 0 Å². The molecule has 6 nitrogen and oxygen atoms in total. The van der Waals surface area contributed by atoms with E-state index in [0.717, 1.165) is 31.8 Å². The fourth-order valence-corrected chi connectivity index (χ4v) is 4.71. The van der Waals surface area contributed by atoms with Gasteiger partial charge in [0.1, 0.15) is 5.82 Å². The summed E-state index contributed by atoms with van der Waals surface area (Å²) in [7, 11) is 0. The molecule has 0 spiro atoms. The molecule has 2 aromatic rings. The molecule has 156 valence electrons. The molecule has 1 saturated carbocycles. The van der Waals surface area contributed by atoms with Crippen molar-refractivity contribution < 1.29 is 4.79 Å². The van der Waals surface area contributed by atoms with Gasteiger partial charge in [0.15, 0.2) is 0 Å². The van der Waals surface area contributed by atoms with Gasteiger partial charge in [0, 0.05) is 43.7 Å². The van der Waals surface area contributed by atoms with Gasteiger partial charge in [-0.25, -0.2) is 4.98 Å². The lowest BCUT2D eigenvalue weighted by Crippen LogP contribution is -2.41. The number of carbonyl (C=O) groups excluding carboxylic acids is 1. The van der Waals surface area contributed by atoms with Crippen LogP contribution < -0.4 is 10.9 Å². The summed E-state index contributed by atoms with van der Waals surface area (Å²) in [6.07, 6.45) is 5.38. The van der Waals surface area contributed by atoms with E-state index in [0.29, 0.717) is 35.0 Å². The highest BCUT2D eigenvalue weighted by atomic mass is 16.1. The lowest BCUT2D eigenvalue weighted by Gasteiger charge is -2.29. The zero-order valence-electron chi connectivity index (χ0n) is 17.8. The predicted octanol–water partition coefficient (Wildman–Crippen LogP) is 2.97. The molecular formula is C23H32N4O2. The molecule has 6 heteroatoms. The van der Waals surface area contributed by atoms with Crippen molar-refractivity contribution >= 4 is 16.8 Å². The second-order valence-corrected chi connectivity index (χ2v) is 8.94. The summed E-state index contributed by atoms with van der Waals surface area (Å²) in [5.74, 6) is 1.27. The molecule has 2 aliphatic rings. The Balaban J connectivity index is 1.61. The monoisotopic (exact) mass is 396 g/mol. The normalized spacial score (nSPS) is 23.0. The summed E-state index contributed by atoms with van der Waals surface area (Å²) in [6, 6.07) is 6.00. The fourth-order valence-electron chi connectivity index (χ4n) is 4.71. The molecule has 1 aromatic carbocycles. The number of fused-ring (bicyclic) bond motifs is 2. The van der Waals surface area contributed by atoms with Gasteiger partial charge < -0.3 is 5.32 Å². The highest BCUT2D eigenvalue weighted by molar-refractivity contribution is 5.97. The van der Waals surface area contributed by atoms with Gasteiger partial charge in [-0.2, -0.15) is 0 Å². The molecule has 1 aliphatic carbocycles. The van der Waals surface area contributed by atoms with Crippen LogP contribution in [0, 0.1) is 5.92 Å². The van der Waals surface area contributed by atoms with E-state index in [1.54, 1.807) is 18.2 Å². The van der Waals surface area contributed by atoms with E-state index in [1.165, 1.54) is 19.3 Å². The zero-order chi connectivity index (χ0) is 20.5. The Kier molecular flexibility index (Phi) is 5.72. The minimum Gasteiger partial charge on any atom is -0.349 e. The maximum atomic E-state index is 13.0. The molecular weight excluding hydrogens is 364 g/mol. The minimum absolute atomic E-state index is 0.00321. The largest absolute Gasteiger partial charge is 0.349 e. The highest BCUT2D eigenvalue weighted by Gasteiger charge is 2.24. The Morgan fingerprint density at radius 1 is 1.17 bits per heavy atom. The van der Waals surface area contributed by atoms with Crippen molar-refractivity contribution in [2.75, 3.05) is 13.1 Å². The molecule has 0 radical (unpaired) electrons. The average molecular weight is 397 g/mol. The topological polar surface area (TPSA) is 67.2 Å². The number of rotatable bonds is 3. The summed E-state index contributed by atoms with van der Waals surface area (Å²) >= 11 is 0. The van der Waals surface area contributed by atoms with Gasteiger partial charge in [0.25, 0.3) is 11.5 Å². The standard InChI is InChI=1S/C23H32N4O2/c1-15(2)26-11-10-21-24-20-14-17(8-9-18(20)23(29)27(21)13-12-26)22(28)25-19-7-5-4-6-16(19)3/h8-9,14-16,19H,4-7,10-13H2,1-3H3,(H,25,28). The van der Waals surface area contributed by atoms with Crippen LogP contribution in [0.2, 0.25) is 0 Å². The van der Waals surface area contributed by atoms with Crippen LogP contribution in [0.4, 0.5) is 0 Å².